The molecular weight excluding hydrogens is 462 g/mol. The fourth-order valence-corrected chi connectivity index (χ4v) is 4.94. The summed E-state index contributed by atoms with van der Waals surface area (Å²) in [5.41, 5.74) is 2.76. The molecule has 0 saturated carbocycles. The molecule has 4 rings (SSSR count). The SMILES string of the molecule is C=CC.CC.CCC.CN(CCc1cc2ccccc2s1)C(=O)N(C)CC1Cc2ccccc2CN1. The van der Waals surface area contributed by atoms with Gasteiger partial charge in [-0.15, -0.1) is 17.9 Å². The van der Waals surface area contributed by atoms with Gasteiger partial charge in [0.2, 0.25) is 0 Å². The van der Waals surface area contributed by atoms with Gasteiger partial charge >= 0.3 is 6.03 Å². The van der Waals surface area contributed by atoms with E-state index in [2.05, 4.69) is 80.3 Å². The lowest BCUT2D eigenvalue weighted by Gasteiger charge is -2.31. The molecule has 5 heteroatoms. The predicted octanol–water partition coefficient (Wildman–Crippen LogP) is 7.78. The second kappa shape index (κ2) is 17.7. The molecule has 2 amide bonds. The van der Waals surface area contributed by atoms with E-state index in [0.717, 1.165) is 32.5 Å². The summed E-state index contributed by atoms with van der Waals surface area (Å²) in [6.07, 6.45) is 4.86. The number of hydrogen-bond acceptors (Lipinski definition) is 3. The Kier molecular flexibility index (Phi) is 15.5. The topological polar surface area (TPSA) is 35.6 Å². The Bertz CT molecular complexity index is 996. The molecular formula is C31H47N3OS. The van der Waals surface area contributed by atoms with Crippen LogP contribution in [0.4, 0.5) is 4.79 Å². The molecule has 1 atom stereocenters. The maximum Gasteiger partial charge on any atom is 0.319 e. The lowest BCUT2D eigenvalue weighted by atomic mass is 9.96. The monoisotopic (exact) mass is 509 g/mol. The summed E-state index contributed by atoms with van der Waals surface area (Å²) in [7, 11) is 3.80. The second-order valence-corrected chi connectivity index (χ2v) is 9.92. The van der Waals surface area contributed by atoms with E-state index >= 15 is 0 Å². The summed E-state index contributed by atoms with van der Waals surface area (Å²) >= 11 is 1.82. The molecule has 2 aromatic carbocycles. The number of carbonyl (C=O) groups is 1. The first-order chi connectivity index (χ1) is 17.4. The van der Waals surface area contributed by atoms with Crippen molar-refractivity contribution in [2.75, 3.05) is 27.2 Å². The normalized spacial score (nSPS) is 13.5. The average Bonchev–Trinajstić information content (AvgIpc) is 3.32. The molecule has 1 aromatic heterocycles. The highest BCUT2D eigenvalue weighted by molar-refractivity contribution is 7.19. The highest BCUT2D eigenvalue weighted by Crippen LogP contribution is 2.25. The van der Waals surface area contributed by atoms with Gasteiger partial charge in [0, 0.05) is 49.3 Å². The molecule has 198 valence electrons. The largest absolute Gasteiger partial charge is 0.327 e. The molecule has 1 aliphatic heterocycles. The van der Waals surface area contributed by atoms with E-state index in [1.54, 1.807) is 6.08 Å². The summed E-state index contributed by atoms with van der Waals surface area (Å²) in [5, 5.41) is 4.85. The number of urea groups is 1. The minimum atomic E-state index is 0.0850. The number of benzene rings is 2. The van der Waals surface area contributed by atoms with Gasteiger partial charge in [0.05, 0.1) is 0 Å². The van der Waals surface area contributed by atoms with Crippen molar-refractivity contribution in [3.63, 3.8) is 0 Å². The third-order valence-electron chi connectivity index (χ3n) is 5.48. The van der Waals surface area contributed by atoms with E-state index in [1.165, 1.54) is 32.5 Å². The highest BCUT2D eigenvalue weighted by atomic mass is 32.1. The number of allylic oxidation sites excluding steroid dienone is 1. The standard InChI is InChI=1S/C23H27N3OS.C3H8.C3H6.C2H6/c1-25(12-11-21-14-18-8-5-6-10-22(18)28-21)23(27)26(2)16-20-13-17-7-3-4-9-19(17)15-24-20;2*1-3-2;1-2/h3-10,14,20,24H,11-13,15-16H2,1-2H3;3H2,1-2H3;3H,1H2,2H3;1-2H3. The smallest absolute Gasteiger partial charge is 0.319 e. The number of thiophene rings is 1. The van der Waals surface area contributed by atoms with Gasteiger partial charge in [0.25, 0.3) is 0 Å². The number of hydrogen-bond donors (Lipinski definition) is 1. The maximum absolute atomic E-state index is 12.8. The van der Waals surface area contributed by atoms with Gasteiger partial charge in [-0.2, -0.15) is 0 Å². The lowest BCUT2D eigenvalue weighted by Crippen LogP contribution is -2.48. The quantitative estimate of drug-likeness (QED) is 0.357. The molecule has 0 radical (unpaired) electrons. The third-order valence-corrected chi connectivity index (χ3v) is 6.66. The fraction of sp³-hybridized carbons (Fsp3) is 0.452. The molecule has 0 fully saturated rings. The number of nitrogens with zero attached hydrogens (tertiary/aromatic N) is 2. The molecule has 1 N–H and O–H groups in total. The molecule has 0 aliphatic carbocycles. The van der Waals surface area contributed by atoms with Gasteiger partial charge in [-0.25, -0.2) is 4.79 Å². The van der Waals surface area contributed by atoms with E-state index in [1.807, 2.05) is 56.0 Å². The van der Waals surface area contributed by atoms with Gasteiger partial charge < -0.3 is 15.1 Å². The Balaban J connectivity index is 0.000000725. The van der Waals surface area contributed by atoms with Crippen LogP contribution < -0.4 is 5.32 Å². The molecule has 4 nitrogen and oxygen atoms in total. The second-order valence-electron chi connectivity index (χ2n) is 8.75. The Morgan fingerprint density at radius 1 is 1.06 bits per heavy atom. The fourth-order valence-electron chi connectivity index (χ4n) is 3.88. The van der Waals surface area contributed by atoms with E-state index in [4.69, 9.17) is 0 Å². The average molecular weight is 510 g/mol. The van der Waals surface area contributed by atoms with Crippen LogP contribution in [-0.4, -0.2) is 49.1 Å². The molecule has 0 saturated heterocycles. The van der Waals surface area contributed by atoms with Crippen LogP contribution in [0, 0.1) is 0 Å². The zero-order chi connectivity index (χ0) is 26.9. The van der Waals surface area contributed by atoms with Crippen molar-refractivity contribution in [3.8, 4) is 0 Å². The van der Waals surface area contributed by atoms with Crippen LogP contribution in [0.15, 0.2) is 67.3 Å². The zero-order valence-electron chi connectivity index (χ0n) is 23.5. The summed E-state index contributed by atoms with van der Waals surface area (Å²) in [4.78, 5) is 17.8. The summed E-state index contributed by atoms with van der Waals surface area (Å²) in [5.74, 6) is 0. The molecule has 1 aliphatic rings. The number of rotatable bonds is 5. The highest BCUT2D eigenvalue weighted by Gasteiger charge is 2.22. The molecule has 3 aromatic rings. The van der Waals surface area contributed by atoms with Crippen LogP contribution in [0.3, 0.4) is 0 Å². The van der Waals surface area contributed by atoms with Crippen LogP contribution in [0.2, 0.25) is 0 Å². The van der Waals surface area contributed by atoms with E-state index in [-0.39, 0.29) is 6.03 Å². The van der Waals surface area contributed by atoms with E-state index in [9.17, 15) is 4.79 Å². The Labute approximate surface area is 224 Å². The van der Waals surface area contributed by atoms with Crippen molar-refractivity contribution < 1.29 is 4.79 Å². The summed E-state index contributed by atoms with van der Waals surface area (Å²) in [6, 6.07) is 19.6. The number of amides is 2. The van der Waals surface area contributed by atoms with E-state index in [0.29, 0.717) is 6.04 Å². The molecule has 2 heterocycles. The van der Waals surface area contributed by atoms with Crippen molar-refractivity contribution in [2.24, 2.45) is 0 Å². The molecule has 1 unspecified atom stereocenters. The Morgan fingerprint density at radius 2 is 1.64 bits per heavy atom. The van der Waals surface area contributed by atoms with Gasteiger partial charge in [0.1, 0.15) is 0 Å². The maximum atomic E-state index is 12.8. The molecule has 36 heavy (non-hydrogen) atoms. The van der Waals surface area contributed by atoms with Crippen molar-refractivity contribution in [1.82, 2.24) is 15.1 Å². The Morgan fingerprint density at radius 3 is 2.28 bits per heavy atom. The van der Waals surface area contributed by atoms with Crippen LogP contribution >= 0.6 is 11.3 Å². The Hall–Kier alpha value is -2.63. The first kappa shape index (κ1) is 31.4. The summed E-state index contributed by atoms with van der Waals surface area (Å²) < 4.78 is 1.31. The van der Waals surface area contributed by atoms with Crippen molar-refractivity contribution in [2.45, 2.75) is 66.5 Å². The van der Waals surface area contributed by atoms with Crippen molar-refractivity contribution >= 4 is 27.5 Å². The van der Waals surface area contributed by atoms with Gasteiger partial charge in [-0.05, 0) is 48.4 Å². The van der Waals surface area contributed by atoms with Gasteiger partial charge in [-0.3, -0.25) is 0 Å². The number of fused-ring (bicyclic) bond motifs is 2. The lowest BCUT2D eigenvalue weighted by molar-refractivity contribution is 0.168. The summed E-state index contributed by atoms with van der Waals surface area (Å²) in [6.45, 7) is 15.8. The molecule has 0 spiro atoms. The zero-order valence-corrected chi connectivity index (χ0v) is 24.3. The number of likely N-dealkylation sites (N-methyl/N-ethyl adjacent to an activating group) is 2. The van der Waals surface area contributed by atoms with Crippen LogP contribution in [0.5, 0.6) is 0 Å². The minimum absolute atomic E-state index is 0.0850. The van der Waals surface area contributed by atoms with Gasteiger partial charge in [0.15, 0.2) is 0 Å². The number of carbonyl (C=O) groups excluding carboxylic acids is 1. The number of nitrogens with one attached hydrogen (secondary N) is 1. The van der Waals surface area contributed by atoms with Crippen molar-refractivity contribution in [1.29, 1.82) is 0 Å². The van der Waals surface area contributed by atoms with Crippen LogP contribution in [0.1, 0.15) is 57.0 Å². The third kappa shape index (κ3) is 10.2. The first-order valence-electron chi connectivity index (χ1n) is 13.2. The van der Waals surface area contributed by atoms with Crippen molar-refractivity contribution in [3.05, 3.63) is 83.3 Å². The van der Waals surface area contributed by atoms with Crippen LogP contribution in [0.25, 0.3) is 10.1 Å². The predicted molar refractivity (Wildman–Crippen MR) is 160 cm³/mol. The first-order valence-corrected chi connectivity index (χ1v) is 14.1. The van der Waals surface area contributed by atoms with Gasteiger partial charge in [-0.1, -0.05) is 82.7 Å². The van der Waals surface area contributed by atoms with E-state index < -0.39 is 0 Å². The van der Waals surface area contributed by atoms with Crippen LogP contribution in [-0.2, 0) is 19.4 Å². The minimum Gasteiger partial charge on any atom is -0.327 e. The molecule has 0 bridgehead atoms.